The summed E-state index contributed by atoms with van der Waals surface area (Å²) < 4.78 is 0. The minimum atomic E-state index is -0.0517. The van der Waals surface area contributed by atoms with Crippen LogP contribution in [0.1, 0.15) is 12.8 Å². The van der Waals surface area contributed by atoms with E-state index in [4.69, 9.17) is 11.6 Å². The smallest absolute Gasteiger partial charge is 0.238 e. The van der Waals surface area contributed by atoms with Crippen LogP contribution in [-0.2, 0) is 4.79 Å². The lowest BCUT2D eigenvalue weighted by molar-refractivity contribution is -0.115. The molecule has 4 nitrogen and oxygen atoms in total. The Morgan fingerprint density at radius 3 is 3.07 bits per heavy atom. The number of carbonyl (C=O) groups is 1. The largest absolute Gasteiger partial charge is 0.325 e. The van der Waals surface area contributed by atoms with Gasteiger partial charge >= 0.3 is 0 Å². The van der Waals surface area contributed by atoms with Gasteiger partial charge in [0.25, 0.3) is 0 Å². The topological polar surface area (TPSA) is 54.0 Å². The van der Waals surface area contributed by atoms with Crippen molar-refractivity contribution in [3.63, 3.8) is 0 Å². The summed E-state index contributed by atoms with van der Waals surface area (Å²) in [7, 11) is 0. The minimum absolute atomic E-state index is 0.0517. The van der Waals surface area contributed by atoms with E-state index in [1.807, 2.05) is 0 Å². The van der Waals surface area contributed by atoms with Crippen LogP contribution in [0.4, 0.5) is 5.69 Å². The minimum Gasteiger partial charge on any atom is -0.325 e. The quantitative estimate of drug-likeness (QED) is 0.763. The Morgan fingerprint density at radius 1 is 1.60 bits per heavy atom. The van der Waals surface area contributed by atoms with Crippen LogP contribution in [0.2, 0.25) is 5.15 Å². The molecule has 1 aliphatic carbocycles. The highest BCUT2D eigenvalue weighted by Crippen LogP contribution is 2.18. The van der Waals surface area contributed by atoms with Crippen LogP contribution < -0.4 is 10.6 Å². The highest BCUT2D eigenvalue weighted by atomic mass is 35.5. The Balaban J connectivity index is 1.81. The summed E-state index contributed by atoms with van der Waals surface area (Å²) in [5.74, 6) is -0.0517. The van der Waals surface area contributed by atoms with Crippen molar-refractivity contribution >= 4 is 23.2 Å². The fourth-order valence-electron chi connectivity index (χ4n) is 1.21. The first kappa shape index (κ1) is 10.4. The van der Waals surface area contributed by atoms with Gasteiger partial charge in [0, 0.05) is 17.9 Å². The van der Waals surface area contributed by atoms with E-state index >= 15 is 0 Å². The first-order chi connectivity index (χ1) is 7.24. The number of carbonyl (C=O) groups excluding carboxylic acids is 1. The molecule has 0 bridgehead atoms. The molecule has 0 radical (unpaired) electrons. The number of rotatable bonds is 4. The van der Waals surface area contributed by atoms with E-state index in [-0.39, 0.29) is 5.91 Å². The predicted octanol–water partition coefficient (Wildman–Crippen LogP) is 1.43. The third-order valence-electron chi connectivity index (χ3n) is 2.14. The normalized spacial score (nSPS) is 15.0. The van der Waals surface area contributed by atoms with Crippen molar-refractivity contribution in [2.24, 2.45) is 0 Å². The number of aromatic nitrogens is 1. The van der Waals surface area contributed by atoms with Crippen LogP contribution >= 0.6 is 11.6 Å². The van der Waals surface area contributed by atoms with Gasteiger partial charge < -0.3 is 10.6 Å². The molecule has 15 heavy (non-hydrogen) atoms. The van der Waals surface area contributed by atoms with Crippen molar-refractivity contribution in [1.29, 1.82) is 0 Å². The molecule has 1 aromatic rings. The number of nitrogens with zero attached hydrogens (tertiary/aromatic N) is 1. The first-order valence-electron chi connectivity index (χ1n) is 4.89. The monoisotopic (exact) mass is 225 g/mol. The number of hydrogen-bond donors (Lipinski definition) is 2. The van der Waals surface area contributed by atoms with Crippen molar-refractivity contribution in [2.75, 3.05) is 11.9 Å². The maximum absolute atomic E-state index is 11.4. The fraction of sp³-hybridized carbons (Fsp3) is 0.400. The molecule has 0 aliphatic heterocycles. The lowest BCUT2D eigenvalue weighted by Gasteiger charge is -2.05. The molecule has 2 rings (SSSR count). The predicted molar refractivity (Wildman–Crippen MR) is 58.9 cm³/mol. The molecule has 1 fully saturated rings. The van der Waals surface area contributed by atoms with E-state index in [1.54, 1.807) is 18.3 Å². The van der Waals surface area contributed by atoms with E-state index in [9.17, 15) is 4.79 Å². The zero-order valence-corrected chi connectivity index (χ0v) is 8.92. The van der Waals surface area contributed by atoms with Crippen molar-refractivity contribution < 1.29 is 4.79 Å². The summed E-state index contributed by atoms with van der Waals surface area (Å²) in [5.41, 5.74) is 0.678. The third kappa shape index (κ3) is 3.49. The molecule has 0 spiro atoms. The average molecular weight is 226 g/mol. The van der Waals surface area contributed by atoms with E-state index in [0.29, 0.717) is 23.4 Å². The Labute approximate surface area is 93.0 Å². The highest BCUT2D eigenvalue weighted by molar-refractivity contribution is 6.29. The van der Waals surface area contributed by atoms with Crippen LogP contribution in [0.15, 0.2) is 18.3 Å². The number of hydrogen-bond acceptors (Lipinski definition) is 3. The fourth-order valence-corrected chi connectivity index (χ4v) is 1.38. The van der Waals surface area contributed by atoms with Gasteiger partial charge in [0.15, 0.2) is 0 Å². The van der Waals surface area contributed by atoms with Crippen LogP contribution in [0.5, 0.6) is 0 Å². The average Bonchev–Trinajstić information content (AvgIpc) is 2.98. The van der Waals surface area contributed by atoms with Gasteiger partial charge in [0.2, 0.25) is 5.91 Å². The van der Waals surface area contributed by atoms with Crippen LogP contribution in [0.3, 0.4) is 0 Å². The number of halogens is 1. The van der Waals surface area contributed by atoms with E-state index < -0.39 is 0 Å². The lowest BCUT2D eigenvalue weighted by atomic mass is 10.4. The maximum Gasteiger partial charge on any atom is 0.238 e. The number of anilines is 1. The van der Waals surface area contributed by atoms with Crippen molar-refractivity contribution in [2.45, 2.75) is 18.9 Å². The van der Waals surface area contributed by atoms with Crippen molar-refractivity contribution in [1.82, 2.24) is 10.3 Å². The summed E-state index contributed by atoms with van der Waals surface area (Å²) in [4.78, 5) is 15.2. The van der Waals surface area contributed by atoms with E-state index in [2.05, 4.69) is 15.6 Å². The summed E-state index contributed by atoms with van der Waals surface area (Å²) in [6.45, 7) is 0.352. The van der Waals surface area contributed by atoms with E-state index in [1.165, 1.54) is 12.8 Å². The first-order valence-corrected chi connectivity index (χ1v) is 5.26. The molecule has 2 N–H and O–H groups in total. The van der Waals surface area contributed by atoms with E-state index in [0.717, 1.165) is 0 Å². The van der Waals surface area contributed by atoms with Gasteiger partial charge in [-0.15, -0.1) is 0 Å². The van der Waals surface area contributed by atoms with Crippen LogP contribution in [0.25, 0.3) is 0 Å². The van der Waals surface area contributed by atoms with Gasteiger partial charge in [-0.05, 0) is 25.0 Å². The third-order valence-corrected chi connectivity index (χ3v) is 2.35. The van der Waals surface area contributed by atoms with Gasteiger partial charge in [-0.25, -0.2) is 4.98 Å². The molecule has 1 heterocycles. The summed E-state index contributed by atoms with van der Waals surface area (Å²) in [6.07, 6.45) is 3.91. The maximum atomic E-state index is 11.4. The number of amides is 1. The van der Waals surface area contributed by atoms with Gasteiger partial charge in [-0.2, -0.15) is 0 Å². The van der Waals surface area contributed by atoms with Gasteiger partial charge in [-0.3, -0.25) is 4.79 Å². The molecule has 0 saturated heterocycles. The SMILES string of the molecule is O=C(CNC1CC1)Nc1ccnc(Cl)c1. The molecule has 0 atom stereocenters. The molecule has 80 valence electrons. The summed E-state index contributed by atoms with van der Waals surface area (Å²) in [5, 5.41) is 6.25. The Hall–Kier alpha value is -1.13. The molecule has 0 aromatic carbocycles. The second kappa shape index (κ2) is 4.59. The second-order valence-corrected chi connectivity index (χ2v) is 3.96. The molecule has 1 saturated carbocycles. The molecule has 1 aromatic heterocycles. The molecule has 0 unspecified atom stereocenters. The number of pyridine rings is 1. The second-order valence-electron chi connectivity index (χ2n) is 3.57. The van der Waals surface area contributed by atoms with Gasteiger partial charge in [-0.1, -0.05) is 11.6 Å². The van der Waals surface area contributed by atoms with Gasteiger partial charge in [0.05, 0.1) is 6.54 Å². The highest BCUT2D eigenvalue weighted by Gasteiger charge is 2.21. The molecule has 5 heteroatoms. The van der Waals surface area contributed by atoms with Gasteiger partial charge in [0.1, 0.15) is 5.15 Å². The van der Waals surface area contributed by atoms with Crippen molar-refractivity contribution in [3.05, 3.63) is 23.5 Å². The molecular formula is C10H12ClN3O. The van der Waals surface area contributed by atoms with Crippen molar-refractivity contribution in [3.8, 4) is 0 Å². The van der Waals surface area contributed by atoms with Crippen LogP contribution in [-0.4, -0.2) is 23.5 Å². The lowest BCUT2D eigenvalue weighted by Crippen LogP contribution is -2.29. The number of nitrogens with one attached hydrogen (secondary N) is 2. The molecule has 1 aliphatic rings. The standard InChI is InChI=1S/C10H12ClN3O/c11-9-5-8(3-4-12-9)14-10(15)6-13-7-1-2-7/h3-5,7,13H,1-2,6H2,(H,12,14,15). The molecular weight excluding hydrogens is 214 g/mol. The Kier molecular flexibility index (Phi) is 3.18. The summed E-state index contributed by atoms with van der Waals surface area (Å²) in [6, 6.07) is 3.87. The Bertz CT molecular complexity index is 365. The molecule has 1 amide bonds. The zero-order valence-electron chi connectivity index (χ0n) is 8.16. The summed E-state index contributed by atoms with van der Waals surface area (Å²) >= 11 is 5.69. The zero-order chi connectivity index (χ0) is 10.7. The Morgan fingerprint density at radius 2 is 2.40 bits per heavy atom. The van der Waals surface area contributed by atoms with Crippen LogP contribution in [0, 0.1) is 0 Å².